The van der Waals surface area contributed by atoms with Crippen LogP contribution in [0.4, 0.5) is 10.1 Å². The summed E-state index contributed by atoms with van der Waals surface area (Å²) in [7, 11) is 0. The third-order valence-electron chi connectivity index (χ3n) is 4.91. The second-order valence-corrected chi connectivity index (χ2v) is 6.71. The quantitative estimate of drug-likeness (QED) is 0.796. The number of halogens is 1. The van der Waals surface area contributed by atoms with Gasteiger partial charge in [-0.1, -0.05) is 29.8 Å². The summed E-state index contributed by atoms with van der Waals surface area (Å²) in [6.45, 7) is 3.46. The summed E-state index contributed by atoms with van der Waals surface area (Å²) in [6, 6.07) is 13.1. The van der Waals surface area contributed by atoms with Crippen LogP contribution >= 0.6 is 0 Å². The van der Waals surface area contributed by atoms with Crippen molar-refractivity contribution in [2.45, 2.75) is 19.8 Å². The minimum atomic E-state index is -0.371. The van der Waals surface area contributed by atoms with E-state index in [0.717, 1.165) is 31.5 Å². The lowest BCUT2D eigenvalue weighted by atomic mass is 10.0. The van der Waals surface area contributed by atoms with Crippen molar-refractivity contribution in [3.05, 3.63) is 71.2 Å². The van der Waals surface area contributed by atoms with Crippen molar-refractivity contribution in [1.82, 2.24) is 4.90 Å². The molecule has 0 aromatic heterocycles. The number of hydrogen-bond acceptors (Lipinski definition) is 3. The Morgan fingerprint density at radius 3 is 2.08 bits per heavy atom. The Bertz CT molecular complexity index is 895. The van der Waals surface area contributed by atoms with Crippen LogP contribution in [0.1, 0.15) is 24.0 Å². The lowest BCUT2D eigenvalue weighted by molar-refractivity contribution is -0.120. The SMILES string of the molecule is Cc1ccc(N2C(=O)C(c3ccc(F)cc3)=C(N3CCCC3)C2=O)cc1. The highest BCUT2D eigenvalue weighted by molar-refractivity contribution is 6.45. The topological polar surface area (TPSA) is 40.6 Å². The maximum Gasteiger partial charge on any atom is 0.282 e. The number of aryl methyl sites for hydroxylation is 1. The summed E-state index contributed by atoms with van der Waals surface area (Å²) in [4.78, 5) is 29.6. The molecule has 2 aromatic carbocycles. The highest BCUT2D eigenvalue weighted by Crippen LogP contribution is 2.36. The molecule has 1 saturated heterocycles. The van der Waals surface area contributed by atoms with Crippen molar-refractivity contribution >= 4 is 23.1 Å². The van der Waals surface area contributed by atoms with E-state index in [1.54, 1.807) is 24.3 Å². The first-order chi connectivity index (χ1) is 12.6. The number of carbonyl (C=O) groups excluding carboxylic acids is 2. The monoisotopic (exact) mass is 350 g/mol. The smallest absolute Gasteiger partial charge is 0.282 e. The predicted molar refractivity (Wildman–Crippen MR) is 97.8 cm³/mol. The molecule has 0 aliphatic carbocycles. The summed E-state index contributed by atoms with van der Waals surface area (Å²) < 4.78 is 13.3. The normalized spacial score (nSPS) is 17.6. The third-order valence-corrected chi connectivity index (χ3v) is 4.91. The molecule has 0 bridgehead atoms. The van der Waals surface area contributed by atoms with E-state index >= 15 is 0 Å². The number of rotatable bonds is 3. The molecule has 2 aliphatic rings. The van der Waals surface area contributed by atoms with Crippen LogP contribution in [0.25, 0.3) is 5.57 Å². The van der Waals surface area contributed by atoms with Crippen LogP contribution in [0.5, 0.6) is 0 Å². The van der Waals surface area contributed by atoms with Gasteiger partial charge in [-0.25, -0.2) is 9.29 Å². The van der Waals surface area contributed by atoms with Gasteiger partial charge in [-0.15, -0.1) is 0 Å². The van der Waals surface area contributed by atoms with Gasteiger partial charge in [0.25, 0.3) is 11.8 Å². The van der Waals surface area contributed by atoms with Crippen molar-refractivity contribution in [1.29, 1.82) is 0 Å². The largest absolute Gasteiger partial charge is 0.366 e. The molecule has 132 valence electrons. The van der Waals surface area contributed by atoms with Crippen LogP contribution < -0.4 is 4.90 Å². The van der Waals surface area contributed by atoms with Gasteiger partial charge >= 0.3 is 0 Å². The Balaban J connectivity index is 1.82. The van der Waals surface area contributed by atoms with Gasteiger partial charge in [-0.05, 0) is 49.6 Å². The highest BCUT2D eigenvalue weighted by Gasteiger charge is 2.42. The lowest BCUT2D eigenvalue weighted by Crippen LogP contribution is -2.34. The van der Waals surface area contributed by atoms with E-state index in [1.165, 1.54) is 17.0 Å². The maximum atomic E-state index is 13.3. The zero-order valence-corrected chi connectivity index (χ0v) is 14.5. The number of hydrogen-bond donors (Lipinski definition) is 0. The Morgan fingerprint density at radius 1 is 0.846 bits per heavy atom. The van der Waals surface area contributed by atoms with Crippen LogP contribution in [-0.4, -0.2) is 29.8 Å². The minimum absolute atomic E-state index is 0.305. The third kappa shape index (κ3) is 2.69. The molecule has 4 rings (SSSR count). The number of likely N-dealkylation sites (tertiary alicyclic amines) is 1. The van der Waals surface area contributed by atoms with E-state index < -0.39 is 0 Å². The number of imide groups is 1. The molecule has 0 saturated carbocycles. The average Bonchev–Trinajstić information content (AvgIpc) is 3.23. The van der Waals surface area contributed by atoms with Gasteiger partial charge in [0.15, 0.2) is 0 Å². The fourth-order valence-electron chi connectivity index (χ4n) is 3.56. The number of anilines is 1. The molecule has 2 aliphatic heterocycles. The van der Waals surface area contributed by atoms with E-state index in [0.29, 0.717) is 22.5 Å². The van der Waals surface area contributed by atoms with Crippen LogP contribution in [-0.2, 0) is 9.59 Å². The van der Waals surface area contributed by atoms with Crippen LogP contribution in [0.2, 0.25) is 0 Å². The van der Waals surface area contributed by atoms with Crippen LogP contribution in [0.3, 0.4) is 0 Å². The first-order valence-corrected chi connectivity index (χ1v) is 8.77. The highest BCUT2D eigenvalue weighted by atomic mass is 19.1. The molecule has 0 spiro atoms. The molecule has 4 nitrogen and oxygen atoms in total. The second kappa shape index (κ2) is 6.41. The second-order valence-electron chi connectivity index (χ2n) is 6.71. The first-order valence-electron chi connectivity index (χ1n) is 8.77. The van der Waals surface area contributed by atoms with Gasteiger partial charge in [-0.2, -0.15) is 0 Å². The summed E-state index contributed by atoms with van der Waals surface area (Å²) in [5.74, 6) is -1.03. The maximum absolute atomic E-state index is 13.3. The van der Waals surface area contributed by atoms with Gasteiger partial charge in [0.2, 0.25) is 0 Å². The Morgan fingerprint density at radius 2 is 1.46 bits per heavy atom. The molecule has 2 aromatic rings. The first kappa shape index (κ1) is 16.5. The average molecular weight is 350 g/mol. The fraction of sp³-hybridized carbons (Fsp3) is 0.238. The zero-order chi connectivity index (χ0) is 18.3. The standard InChI is InChI=1S/C21H19FN2O2/c1-14-4-10-17(11-5-14)24-20(25)18(15-6-8-16(22)9-7-15)19(21(24)26)23-12-2-3-13-23/h4-11H,2-3,12-13H2,1H3. The van der Waals surface area contributed by atoms with Crippen molar-refractivity contribution < 1.29 is 14.0 Å². The molecular weight excluding hydrogens is 331 g/mol. The van der Waals surface area contributed by atoms with E-state index in [9.17, 15) is 14.0 Å². The predicted octanol–water partition coefficient (Wildman–Crippen LogP) is 3.51. The number of carbonyl (C=O) groups is 2. The van der Waals surface area contributed by atoms with Gasteiger partial charge in [0.05, 0.1) is 11.3 Å². The molecule has 1 fully saturated rings. The van der Waals surface area contributed by atoms with Gasteiger partial charge < -0.3 is 4.90 Å². The summed E-state index contributed by atoms with van der Waals surface area (Å²) in [5.41, 5.74) is 2.97. The van der Waals surface area contributed by atoms with Crippen LogP contribution in [0.15, 0.2) is 54.2 Å². The Labute approximate surface area is 151 Å². The van der Waals surface area contributed by atoms with Gasteiger partial charge in [0, 0.05) is 13.1 Å². The van der Waals surface area contributed by atoms with Crippen molar-refractivity contribution in [2.75, 3.05) is 18.0 Å². The molecule has 5 heteroatoms. The van der Waals surface area contributed by atoms with E-state index in [-0.39, 0.29) is 17.6 Å². The minimum Gasteiger partial charge on any atom is -0.366 e. The Kier molecular flexibility index (Phi) is 4.07. The molecule has 26 heavy (non-hydrogen) atoms. The summed E-state index contributed by atoms with van der Waals surface area (Å²) in [5, 5.41) is 0. The van der Waals surface area contributed by atoms with E-state index in [1.807, 2.05) is 24.0 Å². The zero-order valence-electron chi connectivity index (χ0n) is 14.5. The molecule has 0 unspecified atom stereocenters. The van der Waals surface area contributed by atoms with Crippen LogP contribution in [0, 0.1) is 12.7 Å². The van der Waals surface area contributed by atoms with E-state index in [4.69, 9.17) is 0 Å². The van der Waals surface area contributed by atoms with Crippen molar-refractivity contribution in [3.63, 3.8) is 0 Å². The number of amides is 2. The van der Waals surface area contributed by atoms with Crippen molar-refractivity contribution in [3.8, 4) is 0 Å². The van der Waals surface area contributed by atoms with Gasteiger partial charge in [-0.3, -0.25) is 9.59 Å². The molecule has 0 N–H and O–H groups in total. The molecular formula is C21H19FN2O2. The molecule has 2 amide bonds. The summed E-state index contributed by atoms with van der Waals surface area (Å²) in [6.07, 6.45) is 1.98. The summed E-state index contributed by atoms with van der Waals surface area (Å²) >= 11 is 0. The van der Waals surface area contributed by atoms with Crippen molar-refractivity contribution in [2.24, 2.45) is 0 Å². The number of benzene rings is 2. The molecule has 0 radical (unpaired) electrons. The lowest BCUT2D eigenvalue weighted by Gasteiger charge is -2.20. The molecule has 0 atom stereocenters. The Hall–Kier alpha value is -2.95. The van der Waals surface area contributed by atoms with E-state index in [2.05, 4.69) is 0 Å². The number of nitrogens with zero attached hydrogens (tertiary/aromatic N) is 2. The van der Waals surface area contributed by atoms with Gasteiger partial charge in [0.1, 0.15) is 11.5 Å². The molecule has 2 heterocycles. The fourth-order valence-corrected chi connectivity index (χ4v) is 3.56.